The summed E-state index contributed by atoms with van der Waals surface area (Å²) in [6.07, 6.45) is 4.85. The van der Waals surface area contributed by atoms with Crippen LogP contribution in [0, 0.1) is 0 Å². The van der Waals surface area contributed by atoms with Crippen LogP contribution in [0.25, 0.3) is 22.6 Å². The number of rotatable bonds is 6. The van der Waals surface area contributed by atoms with E-state index in [-0.39, 0.29) is 11.1 Å². The molecule has 0 spiro atoms. The molecular formula is C23H22N2O4. The summed E-state index contributed by atoms with van der Waals surface area (Å²) >= 11 is 0. The molecule has 0 saturated heterocycles. The van der Waals surface area contributed by atoms with Crippen LogP contribution in [0.4, 0.5) is 0 Å². The summed E-state index contributed by atoms with van der Waals surface area (Å²) in [5.41, 5.74) is 2.37. The maximum Gasteiger partial charge on any atom is 0.335 e. The van der Waals surface area contributed by atoms with Crippen molar-refractivity contribution in [2.45, 2.75) is 32.7 Å². The van der Waals surface area contributed by atoms with E-state index in [4.69, 9.17) is 4.74 Å². The van der Waals surface area contributed by atoms with Gasteiger partial charge in [0.05, 0.1) is 23.1 Å². The average Bonchev–Trinajstić information content (AvgIpc) is 3.12. The van der Waals surface area contributed by atoms with Crippen LogP contribution in [0.5, 0.6) is 5.75 Å². The minimum absolute atomic E-state index is 0.122. The lowest BCUT2D eigenvalue weighted by Gasteiger charge is -2.07. The molecule has 4 rings (SSSR count). The zero-order valence-electron chi connectivity index (χ0n) is 16.2. The standard InChI is InChI=1S/C23H22N2O4/c1-2-3-12-29-18-7-4-15(5-8-18)13-16-10-11-25-21(16)24-20-14-17(23(27)28)6-9-19(20)22(25)26/h4-9,13-14H,2-3,10-12H2,1H3,(H,27,28)/b16-13+. The summed E-state index contributed by atoms with van der Waals surface area (Å²) in [4.78, 5) is 28.7. The second-order valence-electron chi connectivity index (χ2n) is 7.12. The molecule has 2 heterocycles. The van der Waals surface area contributed by atoms with E-state index < -0.39 is 5.97 Å². The second-order valence-corrected chi connectivity index (χ2v) is 7.12. The van der Waals surface area contributed by atoms with Gasteiger partial charge in [-0.05, 0) is 60.4 Å². The van der Waals surface area contributed by atoms with Crippen LogP contribution in [-0.2, 0) is 6.54 Å². The van der Waals surface area contributed by atoms with E-state index in [9.17, 15) is 14.7 Å². The monoisotopic (exact) mass is 390 g/mol. The Balaban J connectivity index is 1.67. The molecule has 0 fully saturated rings. The highest BCUT2D eigenvalue weighted by Gasteiger charge is 2.21. The first kappa shape index (κ1) is 18.9. The minimum Gasteiger partial charge on any atom is -0.494 e. The van der Waals surface area contributed by atoms with Crippen molar-refractivity contribution in [2.75, 3.05) is 6.61 Å². The Labute approximate surface area is 168 Å². The molecule has 6 nitrogen and oxygen atoms in total. The number of aromatic carboxylic acids is 1. The number of aromatic nitrogens is 2. The Morgan fingerprint density at radius 1 is 1.24 bits per heavy atom. The van der Waals surface area contributed by atoms with Crippen LogP contribution in [0.1, 0.15) is 47.9 Å². The highest BCUT2D eigenvalue weighted by Crippen LogP contribution is 2.28. The number of hydrogen-bond donors (Lipinski definition) is 1. The zero-order chi connectivity index (χ0) is 20.4. The highest BCUT2D eigenvalue weighted by atomic mass is 16.5. The molecular weight excluding hydrogens is 368 g/mol. The molecule has 0 amide bonds. The van der Waals surface area contributed by atoms with Gasteiger partial charge in [0, 0.05) is 6.54 Å². The van der Waals surface area contributed by atoms with E-state index in [1.54, 1.807) is 10.6 Å². The summed E-state index contributed by atoms with van der Waals surface area (Å²) in [7, 11) is 0. The van der Waals surface area contributed by atoms with E-state index in [0.717, 1.165) is 29.7 Å². The number of carbonyl (C=O) groups is 1. The Morgan fingerprint density at radius 2 is 2.03 bits per heavy atom. The average molecular weight is 390 g/mol. The van der Waals surface area contributed by atoms with E-state index in [0.29, 0.717) is 36.3 Å². The SMILES string of the molecule is CCCCOc1ccc(/C=C2\CCn3c2nc2cc(C(=O)O)ccc2c3=O)cc1. The third-order valence-electron chi connectivity index (χ3n) is 5.08. The zero-order valence-corrected chi connectivity index (χ0v) is 16.2. The molecule has 0 unspecified atom stereocenters. The Kier molecular flexibility index (Phi) is 5.16. The van der Waals surface area contributed by atoms with Crippen molar-refractivity contribution >= 4 is 28.5 Å². The number of nitrogens with zero attached hydrogens (tertiary/aromatic N) is 2. The first-order chi connectivity index (χ1) is 14.1. The van der Waals surface area contributed by atoms with Gasteiger partial charge in [-0.3, -0.25) is 9.36 Å². The van der Waals surface area contributed by atoms with Crippen molar-refractivity contribution in [3.05, 3.63) is 69.8 Å². The molecule has 6 heteroatoms. The number of unbranched alkanes of at least 4 members (excludes halogenated alkanes) is 1. The van der Waals surface area contributed by atoms with Crippen molar-refractivity contribution in [3.8, 4) is 5.75 Å². The normalized spacial score (nSPS) is 14.3. The minimum atomic E-state index is -1.04. The Bertz CT molecular complexity index is 1160. The summed E-state index contributed by atoms with van der Waals surface area (Å²) < 4.78 is 7.36. The summed E-state index contributed by atoms with van der Waals surface area (Å²) in [6, 6.07) is 12.3. The molecule has 1 aliphatic rings. The van der Waals surface area contributed by atoms with E-state index in [1.165, 1.54) is 12.1 Å². The molecule has 1 aromatic heterocycles. The van der Waals surface area contributed by atoms with Gasteiger partial charge in [-0.15, -0.1) is 0 Å². The van der Waals surface area contributed by atoms with Gasteiger partial charge in [-0.1, -0.05) is 25.5 Å². The maximum atomic E-state index is 12.8. The number of ether oxygens (including phenoxy) is 1. The molecule has 0 atom stereocenters. The summed E-state index contributed by atoms with van der Waals surface area (Å²) in [5.74, 6) is 0.411. The number of benzene rings is 2. The fourth-order valence-electron chi connectivity index (χ4n) is 3.48. The molecule has 0 bridgehead atoms. The van der Waals surface area contributed by atoms with Crippen molar-refractivity contribution < 1.29 is 14.6 Å². The maximum absolute atomic E-state index is 12.8. The number of fused-ring (bicyclic) bond motifs is 2. The number of carboxylic acids is 1. The third kappa shape index (κ3) is 3.78. The molecule has 1 N–H and O–H groups in total. The topological polar surface area (TPSA) is 81.4 Å². The predicted molar refractivity (Wildman–Crippen MR) is 112 cm³/mol. The molecule has 2 aromatic carbocycles. The van der Waals surface area contributed by atoms with Crippen LogP contribution < -0.4 is 10.3 Å². The smallest absolute Gasteiger partial charge is 0.335 e. The van der Waals surface area contributed by atoms with Crippen molar-refractivity contribution in [1.29, 1.82) is 0 Å². The number of hydrogen-bond acceptors (Lipinski definition) is 4. The molecule has 0 radical (unpaired) electrons. The van der Waals surface area contributed by atoms with Crippen LogP contribution in [0.15, 0.2) is 47.3 Å². The van der Waals surface area contributed by atoms with E-state index in [2.05, 4.69) is 11.9 Å². The first-order valence-electron chi connectivity index (χ1n) is 9.78. The van der Waals surface area contributed by atoms with Crippen LogP contribution in [0.3, 0.4) is 0 Å². The van der Waals surface area contributed by atoms with Crippen LogP contribution >= 0.6 is 0 Å². The van der Waals surface area contributed by atoms with Crippen molar-refractivity contribution in [2.24, 2.45) is 0 Å². The van der Waals surface area contributed by atoms with Gasteiger partial charge in [0.2, 0.25) is 0 Å². The van der Waals surface area contributed by atoms with E-state index in [1.807, 2.05) is 30.3 Å². The second kappa shape index (κ2) is 7.91. The number of carboxylic acid groups (broad SMARTS) is 1. The van der Waals surface area contributed by atoms with Crippen LogP contribution in [0.2, 0.25) is 0 Å². The van der Waals surface area contributed by atoms with Crippen molar-refractivity contribution in [3.63, 3.8) is 0 Å². The van der Waals surface area contributed by atoms with Gasteiger partial charge in [0.1, 0.15) is 11.6 Å². The Hall–Kier alpha value is -3.41. The van der Waals surface area contributed by atoms with Gasteiger partial charge in [-0.2, -0.15) is 0 Å². The molecule has 3 aromatic rings. The van der Waals surface area contributed by atoms with Gasteiger partial charge >= 0.3 is 5.97 Å². The lowest BCUT2D eigenvalue weighted by molar-refractivity contribution is 0.0697. The molecule has 148 valence electrons. The fourth-order valence-corrected chi connectivity index (χ4v) is 3.48. The predicted octanol–water partition coefficient (Wildman–Crippen LogP) is 4.22. The highest BCUT2D eigenvalue weighted by molar-refractivity contribution is 5.93. The van der Waals surface area contributed by atoms with E-state index >= 15 is 0 Å². The quantitative estimate of drug-likeness (QED) is 0.638. The van der Waals surface area contributed by atoms with Crippen LogP contribution in [-0.4, -0.2) is 27.2 Å². The lowest BCUT2D eigenvalue weighted by Crippen LogP contribution is -2.20. The van der Waals surface area contributed by atoms with Crippen molar-refractivity contribution in [1.82, 2.24) is 9.55 Å². The van der Waals surface area contributed by atoms with Gasteiger partial charge in [0.25, 0.3) is 5.56 Å². The van der Waals surface area contributed by atoms with Gasteiger partial charge in [-0.25, -0.2) is 9.78 Å². The lowest BCUT2D eigenvalue weighted by atomic mass is 10.1. The fraction of sp³-hybridized carbons (Fsp3) is 0.261. The third-order valence-corrected chi connectivity index (χ3v) is 5.08. The Morgan fingerprint density at radius 3 is 2.76 bits per heavy atom. The molecule has 0 saturated carbocycles. The molecule has 1 aliphatic heterocycles. The summed E-state index contributed by atoms with van der Waals surface area (Å²) in [5, 5.41) is 9.65. The molecule has 0 aliphatic carbocycles. The molecule has 29 heavy (non-hydrogen) atoms. The first-order valence-corrected chi connectivity index (χ1v) is 9.78. The number of allylic oxidation sites excluding steroid dienone is 1. The van der Waals surface area contributed by atoms with Gasteiger partial charge in [0.15, 0.2) is 0 Å². The summed E-state index contributed by atoms with van der Waals surface area (Å²) in [6.45, 7) is 3.41. The largest absolute Gasteiger partial charge is 0.494 e. The van der Waals surface area contributed by atoms with Gasteiger partial charge < -0.3 is 9.84 Å².